The highest BCUT2D eigenvalue weighted by Gasteiger charge is 2.45. The lowest BCUT2D eigenvalue weighted by molar-refractivity contribution is -0.117. The maximum atomic E-state index is 13.6. The van der Waals surface area contributed by atoms with Crippen molar-refractivity contribution >= 4 is 46.0 Å². The molecule has 0 aliphatic carbocycles. The molecule has 2 heterocycles. The molecule has 1 aliphatic heterocycles. The molecule has 1 amide bonds. The normalized spacial score (nSPS) is 14.9. The molecule has 0 bridgehead atoms. The molecule has 44 heavy (non-hydrogen) atoms. The maximum Gasteiger partial charge on any atom is 0.296 e. The van der Waals surface area contributed by atoms with E-state index < -0.39 is 23.5 Å². The van der Waals surface area contributed by atoms with Gasteiger partial charge in [0.05, 0.1) is 25.3 Å². The Balaban J connectivity index is 1.49. The summed E-state index contributed by atoms with van der Waals surface area (Å²) in [6.45, 7) is 4.65. The third-order valence-electron chi connectivity index (χ3n) is 7.04. The number of methoxy groups -OCH3 is 1. The molecule has 1 unspecified atom stereocenters. The van der Waals surface area contributed by atoms with Crippen molar-refractivity contribution in [3.05, 3.63) is 112 Å². The van der Waals surface area contributed by atoms with E-state index in [1.807, 2.05) is 37.3 Å². The molecule has 0 saturated carbocycles. The molecule has 0 saturated heterocycles. The Morgan fingerprint density at radius 1 is 1.07 bits per heavy atom. The summed E-state index contributed by atoms with van der Waals surface area (Å²) >= 11 is 2.73. The van der Waals surface area contributed by atoms with Crippen molar-refractivity contribution in [2.45, 2.75) is 42.8 Å². The van der Waals surface area contributed by atoms with Gasteiger partial charge in [-0.25, -0.2) is 0 Å². The number of benzene rings is 3. The van der Waals surface area contributed by atoms with Crippen LogP contribution in [0.5, 0.6) is 11.5 Å². The van der Waals surface area contributed by atoms with Crippen molar-refractivity contribution < 1.29 is 24.2 Å². The van der Waals surface area contributed by atoms with Crippen LogP contribution < -0.4 is 14.4 Å². The van der Waals surface area contributed by atoms with Crippen molar-refractivity contribution in [1.82, 2.24) is 10.2 Å². The summed E-state index contributed by atoms with van der Waals surface area (Å²) in [7, 11) is 1.54. The summed E-state index contributed by atoms with van der Waals surface area (Å²) in [6.07, 6.45) is 4.90. The fraction of sp³-hybridized carbons (Fsp3) is 0.235. The van der Waals surface area contributed by atoms with E-state index in [0.29, 0.717) is 33.8 Å². The molecule has 4 aromatic rings. The van der Waals surface area contributed by atoms with Gasteiger partial charge in [-0.1, -0.05) is 109 Å². The number of ether oxygens (including phenoxy) is 2. The number of thioether (sulfide) groups is 1. The van der Waals surface area contributed by atoms with Gasteiger partial charge in [-0.05, 0) is 48.2 Å². The number of aliphatic hydroxyl groups excluding tert-OH is 1. The Labute approximate surface area is 265 Å². The van der Waals surface area contributed by atoms with Crippen LogP contribution in [-0.2, 0) is 15.3 Å². The van der Waals surface area contributed by atoms with Crippen LogP contribution in [0, 0.1) is 6.92 Å². The first-order chi connectivity index (χ1) is 21.4. The number of carbonyl (C=O) groups is 2. The molecule has 5 rings (SSSR count). The number of nitrogens with zero attached hydrogens (tertiary/aromatic N) is 3. The largest absolute Gasteiger partial charge is 0.503 e. The number of allylic oxidation sites excluding steroid dienone is 1. The van der Waals surface area contributed by atoms with Gasteiger partial charge in [-0.15, -0.1) is 10.2 Å². The monoisotopic (exact) mass is 627 g/mol. The molecule has 0 radical (unpaired) electrons. The number of hydrogen-bond acceptors (Lipinski definition) is 9. The van der Waals surface area contributed by atoms with E-state index in [1.165, 1.54) is 46.7 Å². The Hall–Kier alpha value is -4.41. The van der Waals surface area contributed by atoms with E-state index in [9.17, 15) is 14.7 Å². The molecule has 10 heteroatoms. The fourth-order valence-corrected chi connectivity index (χ4v) is 6.51. The molecule has 0 spiro atoms. The van der Waals surface area contributed by atoms with Gasteiger partial charge in [0.1, 0.15) is 0 Å². The highest BCUT2D eigenvalue weighted by atomic mass is 32.2. The molecule has 0 fully saturated rings. The van der Waals surface area contributed by atoms with Crippen LogP contribution in [0.1, 0.15) is 48.1 Å². The second kappa shape index (κ2) is 14.4. The average Bonchev–Trinajstić information content (AvgIpc) is 3.62. The van der Waals surface area contributed by atoms with Gasteiger partial charge in [0.15, 0.2) is 27.4 Å². The molecular formula is C34H33N3O5S2. The first-order valence-corrected chi connectivity index (χ1v) is 16.1. The van der Waals surface area contributed by atoms with E-state index in [-0.39, 0.29) is 10.7 Å². The van der Waals surface area contributed by atoms with Crippen molar-refractivity contribution in [1.29, 1.82) is 0 Å². The highest BCUT2D eigenvalue weighted by molar-refractivity contribution is 8.00. The summed E-state index contributed by atoms with van der Waals surface area (Å²) in [6, 6.07) is 21.9. The minimum absolute atomic E-state index is 0.0482. The fourth-order valence-electron chi connectivity index (χ4n) is 4.68. The Kier molecular flexibility index (Phi) is 10.1. The number of ketones is 1. The third-order valence-corrected chi connectivity index (χ3v) is 9.17. The first-order valence-electron chi connectivity index (χ1n) is 14.3. The van der Waals surface area contributed by atoms with Crippen LogP contribution >= 0.6 is 23.1 Å². The van der Waals surface area contributed by atoms with Crippen LogP contribution in [0.3, 0.4) is 0 Å². The van der Waals surface area contributed by atoms with Crippen molar-refractivity contribution in [3.63, 3.8) is 0 Å². The number of aryl methyl sites for hydroxylation is 1. The van der Waals surface area contributed by atoms with Gasteiger partial charge in [-0.3, -0.25) is 14.5 Å². The van der Waals surface area contributed by atoms with E-state index in [2.05, 4.69) is 41.4 Å². The van der Waals surface area contributed by atoms with E-state index >= 15 is 0 Å². The summed E-state index contributed by atoms with van der Waals surface area (Å²) in [5, 5.41) is 20.0. The Bertz CT molecular complexity index is 1680. The van der Waals surface area contributed by atoms with Crippen LogP contribution in [0.15, 0.2) is 94.5 Å². The van der Waals surface area contributed by atoms with Crippen molar-refractivity contribution in [2.75, 3.05) is 18.6 Å². The summed E-state index contributed by atoms with van der Waals surface area (Å²) in [5.74, 6) is -0.149. The zero-order valence-corrected chi connectivity index (χ0v) is 26.4. The van der Waals surface area contributed by atoms with Crippen LogP contribution in [-0.4, -0.2) is 40.7 Å². The summed E-state index contributed by atoms with van der Waals surface area (Å²) in [4.78, 5) is 28.6. The number of amides is 1. The summed E-state index contributed by atoms with van der Waals surface area (Å²) < 4.78 is 12.2. The van der Waals surface area contributed by atoms with E-state index in [0.717, 1.165) is 24.0 Å². The number of hydrogen-bond donors (Lipinski definition) is 1. The smallest absolute Gasteiger partial charge is 0.296 e. The van der Waals surface area contributed by atoms with Gasteiger partial charge >= 0.3 is 0 Å². The highest BCUT2D eigenvalue weighted by Crippen LogP contribution is 2.45. The molecule has 8 nitrogen and oxygen atoms in total. The van der Waals surface area contributed by atoms with E-state index in [1.54, 1.807) is 24.3 Å². The van der Waals surface area contributed by atoms with Gasteiger partial charge in [0.25, 0.3) is 5.91 Å². The van der Waals surface area contributed by atoms with Gasteiger partial charge in [0.2, 0.25) is 5.13 Å². The lowest BCUT2D eigenvalue weighted by Crippen LogP contribution is -2.30. The summed E-state index contributed by atoms with van der Waals surface area (Å²) in [5.41, 5.74) is 3.64. The van der Waals surface area contributed by atoms with Crippen molar-refractivity contribution in [3.8, 4) is 11.5 Å². The molecule has 226 valence electrons. The van der Waals surface area contributed by atoms with Gasteiger partial charge < -0.3 is 14.6 Å². The molecule has 1 aromatic heterocycles. The molecular weight excluding hydrogens is 595 g/mol. The molecule has 1 aliphatic rings. The second-order valence-electron chi connectivity index (χ2n) is 10.2. The Morgan fingerprint density at radius 3 is 2.57 bits per heavy atom. The van der Waals surface area contributed by atoms with Crippen LogP contribution in [0.25, 0.3) is 6.08 Å². The number of aliphatic hydroxyl groups is 1. The number of carbonyl (C=O) groups excluding carboxylic acids is 2. The number of anilines is 1. The number of aromatic nitrogens is 2. The SMILES string of the molecule is CCCCOc1ccc(C2C(C(=O)/C=C/c3ccccc3)=C(O)C(=O)N2c2nnc(SCc3ccc(C)cc3)s2)cc1OC. The third kappa shape index (κ3) is 7.03. The number of rotatable bonds is 13. The number of unbranched alkanes of at least 4 members (excludes halogenated alkanes) is 1. The topological polar surface area (TPSA) is 102 Å². The zero-order chi connectivity index (χ0) is 31.1. The predicted octanol–water partition coefficient (Wildman–Crippen LogP) is 7.51. The minimum atomic E-state index is -0.961. The lowest BCUT2D eigenvalue weighted by atomic mass is 9.95. The average molecular weight is 628 g/mol. The first kappa shape index (κ1) is 31.0. The minimum Gasteiger partial charge on any atom is -0.503 e. The van der Waals surface area contributed by atoms with E-state index in [4.69, 9.17) is 9.47 Å². The predicted molar refractivity (Wildman–Crippen MR) is 174 cm³/mol. The quantitative estimate of drug-likeness (QED) is 0.0704. The molecule has 3 aromatic carbocycles. The molecule has 1 N–H and O–H groups in total. The van der Waals surface area contributed by atoms with Crippen molar-refractivity contribution in [2.24, 2.45) is 0 Å². The van der Waals surface area contributed by atoms with Gasteiger partial charge in [-0.2, -0.15) is 0 Å². The lowest BCUT2D eigenvalue weighted by Gasteiger charge is -2.24. The van der Waals surface area contributed by atoms with Crippen LogP contribution in [0.2, 0.25) is 0 Å². The van der Waals surface area contributed by atoms with Crippen LogP contribution in [0.4, 0.5) is 5.13 Å². The Morgan fingerprint density at radius 2 is 1.84 bits per heavy atom. The standard InChI is InChI=1S/C34H33N3O5S2/c1-4-5-19-42-27-18-16-25(20-28(27)41-3)30-29(26(38)17-15-23-9-7-6-8-10-23)31(39)32(40)37(30)33-35-36-34(44-33)43-21-24-13-11-22(2)12-14-24/h6-18,20,30,39H,4-5,19,21H2,1-3H3/b17-15+. The molecule has 1 atom stereocenters. The zero-order valence-electron chi connectivity index (χ0n) is 24.7. The maximum absolute atomic E-state index is 13.6. The van der Waals surface area contributed by atoms with Gasteiger partial charge in [0, 0.05) is 5.75 Å². The second-order valence-corrected chi connectivity index (χ2v) is 12.4.